The summed E-state index contributed by atoms with van der Waals surface area (Å²) in [4.78, 5) is 22.1. The Balaban J connectivity index is 1.51. The van der Waals surface area contributed by atoms with Crippen LogP contribution in [0.15, 0.2) is 36.4 Å². The maximum Gasteiger partial charge on any atom is 0.266 e. The van der Waals surface area contributed by atoms with Gasteiger partial charge in [0.05, 0.1) is 23.4 Å². The molecule has 0 unspecified atom stereocenters. The zero-order valence-electron chi connectivity index (χ0n) is 19.3. The van der Waals surface area contributed by atoms with Crippen LogP contribution >= 0.6 is 22.9 Å². The van der Waals surface area contributed by atoms with E-state index in [2.05, 4.69) is 18.7 Å². The third kappa shape index (κ3) is 5.84. The van der Waals surface area contributed by atoms with E-state index in [4.69, 9.17) is 26.1 Å². The number of hydrogen-bond donors (Lipinski definition) is 0. The van der Waals surface area contributed by atoms with Gasteiger partial charge in [-0.2, -0.15) is 0 Å². The molecule has 0 N–H and O–H groups in total. The van der Waals surface area contributed by atoms with Gasteiger partial charge in [-0.3, -0.25) is 14.6 Å². The first-order valence-corrected chi connectivity index (χ1v) is 12.5. The number of thiazole rings is 1. The lowest BCUT2D eigenvalue weighted by molar-refractivity contribution is -0.120. The average molecular weight is 488 g/mol. The van der Waals surface area contributed by atoms with Crippen molar-refractivity contribution >= 4 is 44.2 Å². The Morgan fingerprint density at radius 3 is 2.64 bits per heavy atom. The summed E-state index contributed by atoms with van der Waals surface area (Å²) in [5, 5.41) is 1.35. The van der Waals surface area contributed by atoms with Gasteiger partial charge in [0.1, 0.15) is 5.75 Å². The number of aryl methyl sites for hydroxylation is 1. The topological polar surface area (TPSA) is 54.9 Å². The largest absolute Gasteiger partial charge is 0.484 e. The number of anilines is 1. The van der Waals surface area contributed by atoms with Gasteiger partial charge < -0.3 is 9.47 Å². The molecule has 33 heavy (non-hydrogen) atoms. The number of hydrogen-bond acceptors (Lipinski definition) is 6. The summed E-state index contributed by atoms with van der Waals surface area (Å²) in [5.41, 5.74) is 3.01. The minimum Gasteiger partial charge on any atom is -0.484 e. The molecule has 8 heteroatoms. The Morgan fingerprint density at radius 1 is 1.21 bits per heavy atom. The summed E-state index contributed by atoms with van der Waals surface area (Å²) >= 11 is 7.80. The van der Waals surface area contributed by atoms with Gasteiger partial charge in [0.25, 0.3) is 5.91 Å². The van der Waals surface area contributed by atoms with Crippen LogP contribution in [0.5, 0.6) is 5.75 Å². The second-order valence-electron chi connectivity index (χ2n) is 8.53. The highest BCUT2D eigenvalue weighted by molar-refractivity contribution is 7.22. The van der Waals surface area contributed by atoms with Crippen molar-refractivity contribution in [2.45, 2.75) is 26.7 Å². The lowest BCUT2D eigenvalue weighted by Gasteiger charge is -2.29. The minimum atomic E-state index is -0.112. The third-order valence-electron chi connectivity index (χ3n) is 5.92. The Hall–Kier alpha value is -2.19. The van der Waals surface area contributed by atoms with Gasteiger partial charge in [-0.15, -0.1) is 0 Å². The van der Waals surface area contributed by atoms with Crippen LogP contribution in [0.25, 0.3) is 10.2 Å². The van der Waals surface area contributed by atoms with Crippen LogP contribution in [-0.4, -0.2) is 61.8 Å². The Labute approximate surface area is 204 Å². The van der Waals surface area contributed by atoms with Crippen LogP contribution in [0, 0.1) is 6.92 Å². The number of ether oxygens (including phenoxy) is 2. The Bertz CT molecular complexity index is 1090. The number of carbonyl (C=O) groups is 1. The molecule has 0 aliphatic carbocycles. The Morgan fingerprint density at radius 2 is 1.94 bits per heavy atom. The summed E-state index contributed by atoms with van der Waals surface area (Å²) in [7, 11) is 0. The van der Waals surface area contributed by atoms with E-state index in [0.29, 0.717) is 28.4 Å². The number of aromatic nitrogens is 1. The number of fused-ring (bicyclic) bond motifs is 1. The van der Waals surface area contributed by atoms with Crippen molar-refractivity contribution in [2.75, 3.05) is 50.9 Å². The van der Waals surface area contributed by atoms with Crippen molar-refractivity contribution in [3.05, 3.63) is 52.5 Å². The third-order valence-corrected chi connectivity index (χ3v) is 7.37. The van der Waals surface area contributed by atoms with E-state index in [0.717, 1.165) is 48.6 Å². The van der Waals surface area contributed by atoms with E-state index >= 15 is 0 Å². The second-order valence-corrected chi connectivity index (χ2v) is 9.94. The molecule has 1 aliphatic heterocycles. The molecular formula is C25H30ClN3O3S. The predicted molar refractivity (Wildman–Crippen MR) is 135 cm³/mol. The first-order chi connectivity index (χ1) is 15.9. The van der Waals surface area contributed by atoms with E-state index in [1.54, 1.807) is 4.90 Å². The monoisotopic (exact) mass is 487 g/mol. The molecule has 1 aromatic heterocycles. The molecule has 0 radical (unpaired) electrons. The lowest BCUT2D eigenvalue weighted by atomic mass is 10.0. The second kappa shape index (κ2) is 10.8. The normalized spacial score (nSPS) is 14.7. The van der Waals surface area contributed by atoms with Gasteiger partial charge in [0.2, 0.25) is 0 Å². The van der Waals surface area contributed by atoms with Gasteiger partial charge in [-0.1, -0.05) is 48.9 Å². The van der Waals surface area contributed by atoms with E-state index in [1.807, 2.05) is 43.3 Å². The molecule has 1 amide bonds. The smallest absolute Gasteiger partial charge is 0.266 e. The lowest BCUT2D eigenvalue weighted by Crippen LogP contribution is -2.44. The molecule has 0 bridgehead atoms. The van der Waals surface area contributed by atoms with Gasteiger partial charge >= 0.3 is 0 Å². The molecule has 1 fully saturated rings. The van der Waals surface area contributed by atoms with E-state index < -0.39 is 0 Å². The highest BCUT2D eigenvalue weighted by Crippen LogP contribution is 2.33. The number of rotatable bonds is 8. The maximum atomic E-state index is 13.3. The molecule has 1 aliphatic rings. The van der Waals surface area contributed by atoms with Crippen LogP contribution < -0.4 is 9.64 Å². The van der Waals surface area contributed by atoms with Crippen molar-refractivity contribution in [1.29, 1.82) is 0 Å². The number of morpholine rings is 1. The van der Waals surface area contributed by atoms with E-state index in [9.17, 15) is 4.79 Å². The molecule has 0 atom stereocenters. The highest BCUT2D eigenvalue weighted by Gasteiger charge is 2.23. The van der Waals surface area contributed by atoms with Gasteiger partial charge in [0.15, 0.2) is 11.7 Å². The Kier molecular flexibility index (Phi) is 7.86. The highest BCUT2D eigenvalue weighted by atomic mass is 35.5. The summed E-state index contributed by atoms with van der Waals surface area (Å²) in [6.07, 6.45) is 0. The number of nitrogens with zero attached hydrogens (tertiary/aromatic N) is 3. The van der Waals surface area contributed by atoms with Gasteiger partial charge in [0, 0.05) is 31.2 Å². The number of benzene rings is 2. The van der Waals surface area contributed by atoms with Crippen molar-refractivity contribution in [2.24, 2.45) is 0 Å². The van der Waals surface area contributed by atoms with Crippen LogP contribution in [0.2, 0.25) is 5.02 Å². The van der Waals surface area contributed by atoms with Crippen molar-refractivity contribution in [1.82, 2.24) is 9.88 Å². The van der Waals surface area contributed by atoms with Crippen molar-refractivity contribution in [3.8, 4) is 5.75 Å². The summed E-state index contributed by atoms with van der Waals surface area (Å²) in [6.45, 7) is 10.7. The van der Waals surface area contributed by atoms with Crippen LogP contribution in [0.1, 0.15) is 30.9 Å². The van der Waals surface area contributed by atoms with Crippen molar-refractivity contribution < 1.29 is 14.3 Å². The standard InChI is InChI=1S/C25H30ClN3O3S/c1-17(2)19-4-6-20(7-5-19)32-16-23(30)29(11-10-28-12-14-31-15-13-28)25-27-24-18(3)21(26)8-9-22(24)33-25/h4-9,17H,10-16H2,1-3H3. The van der Waals surface area contributed by atoms with Gasteiger partial charge in [-0.05, 0) is 48.2 Å². The summed E-state index contributed by atoms with van der Waals surface area (Å²) in [5.74, 6) is 1.03. The molecule has 6 nitrogen and oxygen atoms in total. The summed E-state index contributed by atoms with van der Waals surface area (Å²) < 4.78 is 12.3. The maximum absolute atomic E-state index is 13.3. The van der Waals surface area contributed by atoms with E-state index in [-0.39, 0.29) is 12.5 Å². The van der Waals surface area contributed by atoms with Gasteiger partial charge in [-0.25, -0.2) is 4.98 Å². The fraction of sp³-hybridized carbons (Fsp3) is 0.440. The molecule has 2 heterocycles. The zero-order valence-corrected chi connectivity index (χ0v) is 20.9. The van der Waals surface area contributed by atoms with Crippen LogP contribution in [0.3, 0.4) is 0 Å². The number of amides is 1. The average Bonchev–Trinajstić information content (AvgIpc) is 3.26. The van der Waals surface area contributed by atoms with Crippen LogP contribution in [-0.2, 0) is 9.53 Å². The molecular weight excluding hydrogens is 458 g/mol. The number of carbonyl (C=O) groups excluding carboxylic acids is 1. The zero-order chi connectivity index (χ0) is 23.4. The SMILES string of the molecule is Cc1c(Cl)ccc2sc(N(CCN3CCOCC3)C(=O)COc3ccc(C(C)C)cc3)nc12. The molecule has 0 saturated carbocycles. The quantitative estimate of drug-likeness (QED) is 0.441. The molecule has 176 valence electrons. The molecule has 0 spiro atoms. The predicted octanol–water partition coefficient (Wildman–Crippen LogP) is 5.13. The molecule has 2 aromatic carbocycles. The summed E-state index contributed by atoms with van der Waals surface area (Å²) in [6, 6.07) is 11.8. The fourth-order valence-corrected chi connectivity index (χ4v) is 4.99. The van der Waals surface area contributed by atoms with E-state index in [1.165, 1.54) is 16.9 Å². The van der Waals surface area contributed by atoms with Crippen molar-refractivity contribution in [3.63, 3.8) is 0 Å². The fourth-order valence-electron chi connectivity index (χ4n) is 3.77. The minimum absolute atomic E-state index is 0.0419. The molecule has 1 saturated heterocycles. The molecule has 4 rings (SSSR count). The first-order valence-electron chi connectivity index (χ1n) is 11.3. The first kappa shape index (κ1) is 24.0. The molecule has 3 aromatic rings. The van der Waals surface area contributed by atoms with Crippen LogP contribution in [0.4, 0.5) is 5.13 Å². The number of halogens is 1.